The first-order valence-electron chi connectivity index (χ1n) is 10.6. The number of nitrogens with one attached hydrogen (secondary N) is 1. The van der Waals surface area contributed by atoms with Crippen LogP contribution in [0.15, 0.2) is 42.6 Å². The molecule has 0 saturated carbocycles. The Morgan fingerprint density at radius 2 is 1.80 bits per heavy atom. The van der Waals surface area contributed by atoms with Crippen molar-refractivity contribution in [3.05, 3.63) is 59.4 Å². The Morgan fingerprint density at radius 3 is 2.33 bits per heavy atom. The van der Waals surface area contributed by atoms with Gasteiger partial charge in [0.1, 0.15) is 0 Å². The van der Waals surface area contributed by atoms with E-state index in [1.165, 1.54) is 5.56 Å². The molecule has 0 spiro atoms. The fourth-order valence-corrected chi connectivity index (χ4v) is 3.91. The molecule has 6 heteroatoms. The van der Waals surface area contributed by atoms with Crippen molar-refractivity contribution in [1.82, 2.24) is 15.2 Å². The van der Waals surface area contributed by atoms with Gasteiger partial charge in [0.2, 0.25) is 5.91 Å². The minimum absolute atomic E-state index is 0.0262. The number of piperidine rings is 1. The number of rotatable bonds is 6. The second-order valence-electron chi connectivity index (χ2n) is 8.39. The van der Waals surface area contributed by atoms with Gasteiger partial charge in [0.05, 0.1) is 5.56 Å². The van der Waals surface area contributed by atoms with E-state index in [2.05, 4.69) is 39.5 Å². The summed E-state index contributed by atoms with van der Waals surface area (Å²) < 4.78 is 0. The Labute approximate surface area is 179 Å². The highest BCUT2D eigenvalue weighted by atomic mass is 16.2. The number of aromatic nitrogens is 1. The van der Waals surface area contributed by atoms with Gasteiger partial charge in [-0.25, -0.2) is 0 Å². The first-order chi connectivity index (χ1) is 14.3. The lowest BCUT2D eigenvalue weighted by atomic mass is 9.93. The maximum atomic E-state index is 12.6. The summed E-state index contributed by atoms with van der Waals surface area (Å²) in [5, 5.41) is 3.07. The van der Waals surface area contributed by atoms with Crippen LogP contribution in [-0.4, -0.2) is 54.9 Å². The molecular formula is C24H32N4O2. The first kappa shape index (κ1) is 21.8. The van der Waals surface area contributed by atoms with Crippen LogP contribution in [0.25, 0.3) is 0 Å². The summed E-state index contributed by atoms with van der Waals surface area (Å²) in [6.07, 6.45) is 4.28. The largest absolute Gasteiger partial charge is 0.378 e. The number of carbonyl (C=O) groups excluding carboxylic acids is 2. The van der Waals surface area contributed by atoms with Crippen molar-refractivity contribution in [2.24, 2.45) is 0 Å². The molecule has 1 N–H and O–H groups in total. The summed E-state index contributed by atoms with van der Waals surface area (Å²) in [6.45, 7) is 5.18. The Balaban J connectivity index is 1.52. The summed E-state index contributed by atoms with van der Waals surface area (Å²) >= 11 is 0. The van der Waals surface area contributed by atoms with Crippen molar-refractivity contribution in [3.8, 4) is 0 Å². The van der Waals surface area contributed by atoms with Crippen molar-refractivity contribution in [2.75, 3.05) is 32.1 Å². The zero-order valence-corrected chi connectivity index (χ0v) is 18.4. The van der Waals surface area contributed by atoms with Crippen molar-refractivity contribution in [3.63, 3.8) is 0 Å². The number of hydrogen-bond acceptors (Lipinski definition) is 4. The quantitative estimate of drug-likeness (QED) is 0.797. The molecule has 1 saturated heterocycles. The van der Waals surface area contributed by atoms with E-state index in [0.717, 1.165) is 43.7 Å². The smallest absolute Gasteiger partial charge is 0.253 e. The summed E-state index contributed by atoms with van der Waals surface area (Å²) in [6, 6.07) is 12.2. The molecule has 1 fully saturated rings. The molecule has 1 aliphatic rings. The SMILES string of the molecule is CC(=O)N1CCC(c2ccc(C(=O)N[C@H](C)Cc3ccc(N(C)C)cc3)cn2)CC1. The monoisotopic (exact) mass is 408 g/mol. The molecule has 1 atom stereocenters. The Kier molecular flexibility index (Phi) is 7.08. The third-order valence-electron chi connectivity index (χ3n) is 5.78. The predicted molar refractivity (Wildman–Crippen MR) is 120 cm³/mol. The van der Waals surface area contributed by atoms with Crippen molar-refractivity contribution < 1.29 is 9.59 Å². The zero-order valence-electron chi connectivity index (χ0n) is 18.4. The van der Waals surface area contributed by atoms with E-state index in [0.29, 0.717) is 11.5 Å². The van der Waals surface area contributed by atoms with E-state index < -0.39 is 0 Å². The Hall–Kier alpha value is -2.89. The highest BCUT2D eigenvalue weighted by molar-refractivity contribution is 5.94. The van der Waals surface area contributed by atoms with Gasteiger partial charge in [-0.2, -0.15) is 0 Å². The molecule has 2 amide bonds. The third-order valence-corrected chi connectivity index (χ3v) is 5.78. The fraction of sp³-hybridized carbons (Fsp3) is 0.458. The topological polar surface area (TPSA) is 65.5 Å². The lowest BCUT2D eigenvalue weighted by Crippen LogP contribution is -2.36. The molecule has 6 nitrogen and oxygen atoms in total. The number of amides is 2. The molecule has 2 heterocycles. The average Bonchev–Trinajstić information content (AvgIpc) is 2.74. The van der Waals surface area contributed by atoms with Gasteiger partial charge >= 0.3 is 0 Å². The lowest BCUT2D eigenvalue weighted by Gasteiger charge is -2.31. The van der Waals surface area contributed by atoms with E-state index in [1.54, 1.807) is 13.1 Å². The molecule has 2 aromatic rings. The summed E-state index contributed by atoms with van der Waals surface area (Å²) in [4.78, 5) is 32.6. The maximum absolute atomic E-state index is 12.6. The number of likely N-dealkylation sites (tertiary alicyclic amines) is 1. The van der Waals surface area contributed by atoms with Crippen LogP contribution in [0.2, 0.25) is 0 Å². The molecule has 0 radical (unpaired) electrons. The van der Waals surface area contributed by atoms with Gasteiger partial charge in [-0.15, -0.1) is 0 Å². The van der Waals surface area contributed by atoms with Crippen molar-refractivity contribution in [2.45, 2.75) is 45.1 Å². The van der Waals surface area contributed by atoms with E-state index in [-0.39, 0.29) is 17.9 Å². The summed E-state index contributed by atoms with van der Waals surface area (Å²) in [5.41, 5.74) is 3.94. The van der Waals surface area contributed by atoms with Crippen molar-refractivity contribution >= 4 is 17.5 Å². The number of carbonyl (C=O) groups is 2. The molecule has 0 aliphatic carbocycles. The average molecular weight is 409 g/mol. The van der Waals surface area contributed by atoms with Crippen LogP contribution in [0.5, 0.6) is 0 Å². The van der Waals surface area contributed by atoms with Crippen LogP contribution in [0.3, 0.4) is 0 Å². The maximum Gasteiger partial charge on any atom is 0.253 e. The number of hydrogen-bond donors (Lipinski definition) is 1. The van der Waals surface area contributed by atoms with Crippen LogP contribution < -0.4 is 10.2 Å². The molecule has 3 rings (SSSR count). The van der Waals surface area contributed by atoms with Gasteiger partial charge < -0.3 is 15.1 Å². The van der Waals surface area contributed by atoms with Crippen LogP contribution in [0.1, 0.15) is 54.2 Å². The van der Waals surface area contributed by atoms with Gasteiger partial charge in [0, 0.05) is 63.6 Å². The number of pyridine rings is 1. The van der Waals surface area contributed by atoms with Gasteiger partial charge in [0.15, 0.2) is 0 Å². The fourth-order valence-electron chi connectivity index (χ4n) is 3.91. The molecule has 0 unspecified atom stereocenters. The van der Waals surface area contributed by atoms with Crippen LogP contribution in [-0.2, 0) is 11.2 Å². The van der Waals surface area contributed by atoms with E-state index >= 15 is 0 Å². The predicted octanol–water partition coefficient (Wildman–Crippen LogP) is 3.23. The zero-order chi connectivity index (χ0) is 21.7. The molecular weight excluding hydrogens is 376 g/mol. The first-order valence-corrected chi connectivity index (χ1v) is 10.6. The minimum atomic E-state index is -0.0992. The second-order valence-corrected chi connectivity index (χ2v) is 8.39. The van der Waals surface area contributed by atoms with E-state index in [1.807, 2.05) is 38.1 Å². The van der Waals surface area contributed by atoms with Crippen LogP contribution in [0.4, 0.5) is 5.69 Å². The summed E-state index contributed by atoms with van der Waals surface area (Å²) in [5.74, 6) is 0.385. The number of benzene rings is 1. The van der Waals surface area contributed by atoms with Crippen LogP contribution >= 0.6 is 0 Å². The van der Waals surface area contributed by atoms with Crippen LogP contribution in [0, 0.1) is 0 Å². The highest BCUT2D eigenvalue weighted by Crippen LogP contribution is 2.26. The van der Waals surface area contributed by atoms with Crippen molar-refractivity contribution in [1.29, 1.82) is 0 Å². The minimum Gasteiger partial charge on any atom is -0.378 e. The molecule has 1 aromatic carbocycles. The van der Waals surface area contributed by atoms with Gasteiger partial charge in [-0.1, -0.05) is 12.1 Å². The third kappa shape index (κ3) is 5.59. The molecule has 1 aromatic heterocycles. The Morgan fingerprint density at radius 1 is 1.13 bits per heavy atom. The number of nitrogens with zero attached hydrogens (tertiary/aromatic N) is 3. The van der Waals surface area contributed by atoms with E-state index in [9.17, 15) is 9.59 Å². The molecule has 160 valence electrons. The molecule has 0 bridgehead atoms. The van der Waals surface area contributed by atoms with Gasteiger partial charge in [-0.05, 0) is 56.0 Å². The number of anilines is 1. The second kappa shape index (κ2) is 9.74. The van der Waals surface area contributed by atoms with Gasteiger partial charge in [-0.3, -0.25) is 14.6 Å². The normalized spacial score (nSPS) is 15.5. The highest BCUT2D eigenvalue weighted by Gasteiger charge is 2.23. The summed E-state index contributed by atoms with van der Waals surface area (Å²) in [7, 11) is 4.04. The van der Waals surface area contributed by atoms with Gasteiger partial charge in [0.25, 0.3) is 5.91 Å². The Bertz CT molecular complexity index is 854. The molecule has 1 aliphatic heterocycles. The van der Waals surface area contributed by atoms with E-state index in [4.69, 9.17) is 0 Å². The lowest BCUT2D eigenvalue weighted by molar-refractivity contribution is -0.129. The molecule has 30 heavy (non-hydrogen) atoms. The standard InChI is InChI=1S/C24H32N4O2/c1-17(15-19-5-8-22(9-6-19)27(3)4)26-24(30)21-7-10-23(25-16-21)20-11-13-28(14-12-20)18(2)29/h5-10,16-17,20H,11-15H2,1-4H3,(H,26,30)/t17-/m1/s1.